The number of rotatable bonds is 7. The third-order valence-corrected chi connectivity index (χ3v) is 9.85. The second kappa shape index (κ2) is 13.3. The fourth-order valence-corrected chi connectivity index (χ4v) is 7.29. The molecule has 0 N–H and O–H groups in total. The lowest BCUT2D eigenvalue weighted by Crippen LogP contribution is -2.10. The van der Waals surface area contributed by atoms with Gasteiger partial charge in [-0.25, -0.2) is 0 Å². The van der Waals surface area contributed by atoms with Crippen LogP contribution in [0.3, 0.4) is 0 Å². The summed E-state index contributed by atoms with van der Waals surface area (Å²) in [5, 5.41) is 5.00. The van der Waals surface area contributed by atoms with Gasteiger partial charge in [-0.15, -0.1) is 0 Å². The summed E-state index contributed by atoms with van der Waals surface area (Å²) in [4.78, 5) is 2.36. The Morgan fingerprint density at radius 2 is 0.765 bits per heavy atom. The molecule has 1 heteroatoms. The van der Waals surface area contributed by atoms with Crippen molar-refractivity contribution in [2.45, 2.75) is 0 Å². The minimum absolute atomic E-state index is 1.10. The van der Waals surface area contributed by atoms with E-state index in [2.05, 4.69) is 217 Å². The van der Waals surface area contributed by atoms with Crippen LogP contribution in [0.2, 0.25) is 0 Å². The van der Waals surface area contributed by atoms with Gasteiger partial charge in [0.1, 0.15) is 0 Å². The highest BCUT2D eigenvalue weighted by atomic mass is 15.1. The fraction of sp³-hybridized carbons (Fsp3) is 0. The second-order valence-corrected chi connectivity index (χ2v) is 13.0. The van der Waals surface area contributed by atoms with Crippen LogP contribution in [-0.2, 0) is 0 Å². The van der Waals surface area contributed by atoms with Crippen molar-refractivity contribution in [3.63, 3.8) is 0 Å². The number of benzene rings is 9. The van der Waals surface area contributed by atoms with Crippen LogP contribution in [0.4, 0.5) is 17.1 Å². The molecule has 0 fully saturated rings. The van der Waals surface area contributed by atoms with Crippen molar-refractivity contribution in [2.75, 3.05) is 4.90 Å². The SMILES string of the molecule is c1ccc(-c2cccc(N(c3ccc(-c4ccc5ccccc5c4)cc3)c3ccc(-c4c(-c5ccccc5)ccc5ccccc45)cc3)c2)cc1. The third-order valence-electron chi connectivity index (χ3n) is 9.85. The smallest absolute Gasteiger partial charge is 0.0467 e. The first-order valence-corrected chi connectivity index (χ1v) is 17.5. The van der Waals surface area contributed by atoms with Crippen molar-refractivity contribution in [3.05, 3.63) is 212 Å². The van der Waals surface area contributed by atoms with Crippen molar-refractivity contribution in [3.8, 4) is 44.5 Å². The number of anilines is 3. The second-order valence-electron chi connectivity index (χ2n) is 13.0. The summed E-state index contributed by atoms with van der Waals surface area (Å²) < 4.78 is 0. The minimum atomic E-state index is 1.10. The number of fused-ring (bicyclic) bond motifs is 2. The van der Waals surface area contributed by atoms with Crippen molar-refractivity contribution in [2.24, 2.45) is 0 Å². The Labute approximate surface area is 299 Å². The molecular formula is C50H35N. The van der Waals surface area contributed by atoms with E-state index >= 15 is 0 Å². The van der Waals surface area contributed by atoms with Gasteiger partial charge in [0.2, 0.25) is 0 Å². The molecule has 0 radical (unpaired) electrons. The molecule has 0 unspecified atom stereocenters. The van der Waals surface area contributed by atoms with Crippen molar-refractivity contribution < 1.29 is 0 Å². The molecule has 0 heterocycles. The molecule has 9 aromatic carbocycles. The van der Waals surface area contributed by atoms with Crippen LogP contribution in [0.15, 0.2) is 212 Å². The molecule has 0 saturated carbocycles. The van der Waals surface area contributed by atoms with E-state index in [1.165, 1.54) is 66.1 Å². The van der Waals surface area contributed by atoms with Crippen LogP contribution in [0.1, 0.15) is 0 Å². The highest BCUT2D eigenvalue weighted by Crippen LogP contribution is 2.42. The molecule has 0 aliphatic heterocycles. The summed E-state index contributed by atoms with van der Waals surface area (Å²) >= 11 is 0. The summed E-state index contributed by atoms with van der Waals surface area (Å²) in [6.45, 7) is 0. The van der Waals surface area contributed by atoms with Crippen LogP contribution >= 0.6 is 0 Å². The average Bonchev–Trinajstić information content (AvgIpc) is 3.22. The van der Waals surface area contributed by atoms with Gasteiger partial charge in [-0.2, -0.15) is 0 Å². The van der Waals surface area contributed by atoms with E-state index in [-0.39, 0.29) is 0 Å². The summed E-state index contributed by atoms with van der Waals surface area (Å²) in [5.74, 6) is 0. The Morgan fingerprint density at radius 3 is 1.49 bits per heavy atom. The molecular weight excluding hydrogens is 615 g/mol. The predicted octanol–water partition coefficient (Wildman–Crippen LogP) is 14.1. The van der Waals surface area contributed by atoms with Crippen molar-refractivity contribution in [1.29, 1.82) is 0 Å². The summed E-state index contributed by atoms with van der Waals surface area (Å²) in [6.07, 6.45) is 0. The van der Waals surface area contributed by atoms with Gasteiger partial charge in [0, 0.05) is 17.1 Å². The molecule has 9 aromatic rings. The normalized spacial score (nSPS) is 11.1. The first kappa shape index (κ1) is 30.4. The van der Waals surface area contributed by atoms with Gasteiger partial charge in [0.05, 0.1) is 0 Å². The Bertz CT molecular complexity index is 2600. The van der Waals surface area contributed by atoms with Gasteiger partial charge in [0.25, 0.3) is 0 Å². The number of hydrogen-bond donors (Lipinski definition) is 0. The lowest BCUT2D eigenvalue weighted by atomic mass is 9.89. The van der Waals surface area contributed by atoms with E-state index in [4.69, 9.17) is 0 Å². The Kier molecular flexibility index (Phi) is 7.92. The first-order chi connectivity index (χ1) is 25.3. The molecule has 240 valence electrons. The highest BCUT2D eigenvalue weighted by molar-refractivity contribution is 6.04. The zero-order valence-corrected chi connectivity index (χ0v) is 28.2. The van der Waals surface area contributed by atoms with E-state index < -0.39 is 0 Å². The van der Waals surface area contributed by atoms with Gasteiger partial charge < -0.3 is 4.90 Å². The molecule has 51 heavy (non-hydrogen) atoms. The lowest BCUT2D eigenvalue weighted by Gasteiger charge is -2.26. The van der Waals surface area contributed by atoms with Gasteiger partial charge in [-0.05, 0) is 109 Å². The molecule has 9 rings (SSSR count). The standard InChI is InChI=1S/C50H35N/c1-3-12-36(13-4-1)43-19-11-20-47(35-43)51(45-29-24-38(25-30-45)44-23-22-37-14-7-8-18-42(37)34-44)46-31-26-41(27-32-46)50-48-21-10-9-17-40(48)28-33-49(50)39-15-5-2-6-16-39/h1-35H. The molecule has 0 bridgehead atoms. The average molecular weight is 650 g/mol. The van der Waals surface area contributed by atoms with Crippen LogP contribution in [0.25, 0.3) is 66.1 Å². The summed E-state index contributed by atoms with van der Waals surface area (Å²) in [7, 11) is 0. The molecule has 0 aliphatic carbocycles. The zero-order valence-electron chi connectivity index (χ0n) is 28.2. The first-order valence-electron chi connectivity index (χ1n) is 17.5. The van der Waals surface area contributed by atoms with Gasteiger partial charge in [0.15, 0.2) is 0 Å². The Morgan fingerprint density at radius 1 is 0.255 bits per heavy atom. The third kappa shape index (κ3) is 5.96. The van der Waals surface area contributed by atoms with E-state index in [1.807, 2.05) is 0 Å². The predicted molar refractivity (Wildman–Crippen MR) is 218 cm³/mol. The summed E-state index contributed by atoms with van der Waals surface area (Å²) in [5.41, 5.74) is 13.0. The Hall–Kier alpha value is -6.70. The topological polar surface area (TPSA) is 3.24 Å². The van der Waals surface area contributed by atoms with Crippen molar-refractivity contribution in [1.82, 2.24) is 0 Å². The molecule has 0 aromatic heterocycles. The Balaban J connectivity index is 1.15. The largest absolute Gasteiger partial charge is 0.310 e. The summed E-state index contributed by atoms with van der Waals surface area (Å²) in [6, 6.07) is 76.6. The number of hydrogen-bond acceptors (Lipinski definition) is 1. The highest BCUT2D eigenvalue weighted by Gasteiger charge is 2.16. The number of nitrogens with zero attached hydrogens (tertiary/aromatic N) is 1. The molecule has 0 atom stereocenters. The molecule has 0 amide bonds. The molecule has 0 saturated heterocycles. The molecule has 1 nitrogen and oxygen atoms in total. The maximum absolute atomic E-state index is 2.36. The van der Waals surface area contributed by atoms with E-state index in [0.717, 1.165) is 17.1 Å². The molecule has 0 spiro atoms. The van der Waals surface area contributed by atoms with Crippen LogP contribution < -0.4 is 4.90 Å². The lowest BCUT2D eigenvalue weighted by molar-refractivity contribution is 1.28. The van der Waals surface area contributed by atoms with Gasteiger partial charge in [-0.1, -0.05) is 170 Å². The quantitative estimate of drug-likeness (QED) is 0.166. The molecule has 0 aliphatic rings. The zero-order chi connectivity index (χ0) is 34.0. The maximum Gasteiger partial charge on any atom is 0.0467 e. The van der Waals surface area contributed by atoms with Crippen LogP contribution in [-0.4, -0.2) is 0 Å². The van der Waals surface area contributed by atoms with E-state index in [9.17, 15) is 0 Å². The monoisotopic (exact) mass is 649 g/mol. The van der Waals surface area contributed by atoms with E-state index in [1.54, 1.807) is 0 Å². The maximum atomic E-state index is 2.36. The fourth-order valence-electron chi connectivity index (χ4n) is 7.29. The van der Waals surface area contributed by atoms with Crippen molar-refractivity contribution >= 4 is 38.6 Å². The van der Waals surface area contributed by atoms with Crippen LogP contribution in [0.5, 0.6) is 0 Å². The van der Waals surface area contributed by atoms with Gasteiger partial charge in [-0.3, -0.25) is 0 Å². The van der Waals surface area contributed by atoms with Crippen LogP contribution in [0, 0.1) is 0 Å². The van der Waals surface area contributed by atoms with E-state index in [0.29, 0.717) is 0 Å². The minimum Gasteiger partial charge on any atom is -0.310 e. The van der Waals surface area contributed by atoms with Gasteiger partial charge >= 0.3 is 0 Å².